The van der Waals surface area contributed by atoms with E-state index in [0.29, 0.717) is 22.3 Å². The minimum Gasteiger partial charge on any atom is -0.322 e. The summed E-state index contributed by atoms with van der Waals surface area (Å²) in [6.07, 6.45) is 0. The molecule has 2 aromatic carbocycles. The molecular formula is C23H14FN3OS2. The van der Waals surface area contributed by atoms with Crippen LogP contribution < -0.4 is 5.32 Å². The van der Waals surface area contributed by atoms with Gasteiger partial charge < -0.3 is 5.32 Å². The Labute approximate surface area is 179 Å². The Morgan fingerprint density at radius 2 is 1.43 bits per heavy atom. The van der Waals surface area contributed by atoms with Crippen molar-refractivity contribution in [1.82, 2.24) is 9.97 Å². The second kappa shape index (κ2) is 7.78. The van der Waals surface area contributed by atoms with Gasteiger partial charge in [0.1, 0.15) is 5.82 Å². The van der Waals surface area contributed by atoms with Gasteiger partial charge in [-0.25, -0.2) is 14.4 Å². The van der Waals surface area contributed by atoms with Crippen LogP contribution in [0.25, 0.3) is 33.5 Å². The number of anilines is 1. The highest BCUT2D eigenvalue weighted by Crippen LogP contribution is 2.33. The molecule has 0 aliphatic heterocycles. The van der Waals surface area contributed by atoms with E-state index in [9.17, 15) is 9.18 Å². The van der Waals surface area contributed by atoms with Gasteiger partial charge in [0, 0.05) is 33.1 Å². The van der Waals surface area contributed by atoms with E-state index in [0.717, 1.165) is 22.5 Å². The molecule has 146 valence electrons. The van der Waals surface area contributed by atoms with Crippen LogP contribution in [0.15, 0.2) is 76.1 Å². The Hall–Kier alpha value is -3.42. The average Bonchev–Trinajstić information content (AvgIpc) is 3.48. The van der Waals surface area contributed by atoms with Crippen molar-refractivity contribution in [3.05, 3.63) is 87.5 Å². The van der Waals surface area contributed by atoms with Gasteiger partial charge in [-0.1, -0.05) is 0 Å². The fourth-order valence-electron chi connectivity index (χ4n) is 3.13. The van der Waals surface area contributed by atoms with E-state index >= 15 is 0 Å². The molecule has 0 bridgehead atoms. The van der Waals surface area contributed by atoms with Gasteiger partial charge in [0.05, 0.1) is 22.4 Å². The Balaban J connectivity index is 1.56. The molecule has 3 aromatic heterocycles. The van der Waals surface area contributed by atoms with Crippen LogP contribution in [0.2, 0.25) is 0 Å². The quantitative estimate of drug-likeness (QED) is 0.354. The van der Waals surface area contributed by atoms with Gasteiger partial charge in [-0.05, 0) is 65.4 Å². The SMILES string of the molecule is O=C(Nc1ccc(F)cc1)c1ccc2nc(-c3ccsc3)c(-c3ccsc3)nc2c1. The standard InChI is InChI=1S/C23H14FN3OS2/c24-17-2-4-18(5-3-17)25-23(28)14-1-6-19-20(11-14)27-22(16-8-10-30-13-16)21(26-19)15-7-9-29-12-15/h1-13H,(H,25,28). The van der Waals surface area contributed by atoms with Crippen molar-refractivity contribution in [2.75, 3.05) is 5.32 Å². The maximum atomic E-state index is 13.1. The van der Waals surface area contributed by atoms with Crippen LogP contribution in [-0.2, 0) is 0 Å². The molecule has 30 heavy (non-hydrogen) atoms. The van der Waals surface area contributed by atoms with Crippen molar-refractivity contribution in [2.24, 2.45) is 0 Å². The van der Waals surface area contributed by atoms with E-state index < -0.39 is 0 Å². The number of hydrogen-bond donors (Lipinski definition) is 1. The highest BCUT2D eigenvalue weighted by molar-refractivity contribution is 7.08. The second-order valence-corrected chi connectivity index (χ2v) is 8.17. The molecule has 3 heterocycles. The highest BCUT2D eigenvalue weighted by Gasteiger charge is 2.15. The first-order valence-electron chi connectivity index (χ1n) is 9.11. The van der Waals surface area contributed by atoms with Crippen LogP contribution >= 0.6 is 22.7 Å². The Kier molecular flexibility index (Phi) is 4.82. The molecule has 4 nitrogen and oxygen atoms in total. The van der Waals surface area contributed by atoms with E-state index in [1.165, 1.54) is 24.3 Å². The normalized spacial score (nSPS) is 11.0. The van der Waals surface area contributed by atoms with Gasteiger partial charge in [0.2, 0.25) is 0 Å². The minimum absolute atomic E-state index is 0.288. The van der Waals surface area contributed by atoms with Crippen molar-refractivity contribution < 1.29 is 9.18 Å². The largest absolute Gasteiger partial charge is 0.322 e. The molecule has 1 amide bonds. The third kappa shape index (κ3) is 3.60. The van der Waals surface area contributed by atoms with Crippen LogP contribution in [0.5, 0.6) is 0 Å². The topological polar surface area (TPSA) is 54.9 Å². The summed E-state index contributed by atoms with van der Waals surface area (Å²) in [5.41, 5.74) is 5.98. The summed E-state index contributed by atoms with van der Waals surface area (Å²) < 4.78 is 13.1. The molecule has 0 radical (unpaired) electrons. The maximum absolute atomic E-state index is 13.1. The number of hydrogen-bond acceptors (Lipinski definition) is 5. The lowest BCUT2D eigenvalue weighted by atomic mass is 10.1. The van der Waals surface area contributed by atoms with Gasteiger partial charge in [-0.3, -0.25) is 4.79 Å². The number of carbonyl (C=O) groups excluding carboxylic acids is 1. The van der Waals surface area contributed by atoms with Crippen LogP contribution in [0.3, 0.4) is 0 Å². The average molecular weight is 432 g/mol. The van der Waals surface area contributed by atoms with Gasteiger partial charge in [-0.15, -0.1) is 0 Å². The van der Waals surface area contributed by atoms with Crippen molar-refractivity contribution in [1.29, 1.82) is 0 Å². The zero-order valence-electron chi connectivity index (χ0n) is 15.5. The first-order valence-corrected chi connectivity index (χ1v) is 11.0. The fourth-order valence-corrected chi connectivity index (χ4v) is 4.41. The summed E-state index contributed by atoms with van der Waals surface area (Å²) in [5.74, 6) is -0.638. The molecule has 0 atom stereocenters. The van der Waals surface area contributed by atoms with Gasteiger partial charge >= 0.3 is 0 Å². The molecule has 1 N–H and O–H groups in total. The number of nitrogens with zero attached hydrogens (tertiary/aromatic N) is 2. The highest BCUT2D eigenvalue weighted by atomic mass is 32.1. The molecule has 0 spiro atoms. The molecule has 7 heteroatoms. The predicted octanol–water partition coefficient (Wildman–Crippen LogP) is 6.48. The molecule has 0 aliphatic carbocycles. The third-order valence-corrected chi connectivity index (χ3v) is 5.98. The maximum Gasteiger partial charge on any atom is 0.255 e. The number of carbonyl (C=O) groups is 1. The Morgan fingerprint density at radius 1 is 0.800 bits per heavy atom. The monoisotopic (exact) mass is 431 g/mol. The smallest absolute Gasteiger partial charge is 0.255 e. The number of thiophene rings is 2. The lowest BCUT2D eigenvalue weighted by Crippen LogP contribution is -2.12. The molecule has 5 rings (SSSR count). The first kappa shape index (κ1) is 18.6. The number of nitrogens with one attached hydrogen (secondary N) is 1. The predicted molar refractivity (Wildman–Crippen MR) is 121 cm³/mol. The lowest BCUT2D eigenvalue weighted by Gasteiger charge is -2.10. The van der Waals surface area contributed by atoms with Crippen molar-refractivity contribution in [3.63, 3.8) is 0 Å². The van der Waals surface area contributed by atoms with Crippen LogP contribution in [0.4, 0.5) is 10.1 Å². The molecule has 0 fully saturated rings. The first-order chi connectivity index (χ1) is 14.7. The van der Waals surface area contributed by atoms with E-state index in [1.54, 1.807) is 40.9 Å². The minimum atomic E-state index is -0.351. The third-order valence-electron chi connectivity index (χ3n) is 4.62. The van der Waals surface area contributed by atoms with Gasteiger partial charge in [0.25, 0.3) is 5.91 Å². The van der Waals surface area contributed by atoms with Crippen molar-refractivity contribution >= 4 is 45.3 Å². The number of rotatable bonds is 4. The van der Waals surface area contributed by atoms with E-state index in [2.05, 4.69) is 10.7 Å². The number of halogens is 1. The molecule has 0 saturated heterocycles. The molecule has 0 aliphatic rings. The van der Waals surface area contributed by atoms with Gasteiger partial charge in [0.15, 0.2) is 0 Å². The van der Waals surface area contributed by atoms with Crippen molar-refractivity contribution in [2.45, 2.75) is 0 Å². The zero-order chi connectivity index (χ0) is 20.5. The van der Waals surface area contributed by atoms with E-state index in [4.69, 9.17) is 9.97 Å². The van der Waals surface area contributed by atoms with Gasteiger partial charge in [-0.2, -0.15) is 22.7 Å². The molecule has 0 saturated carbocycles. The summed E-state index contributed by atoms with van der Waals surface area (Å²) >= 11 is 3.21. The zero-order valence-corrected chi connectivity index (χ0v) is 17.1. The Bertz CT molecular complexity index is 1330. The van der Waals surface area contributed by atoms with E-state index in [1.807, 2.05) is 28.3 Å². The summed E-state index contributed by atoms with van der Waals surface area (Å²) in [6, 6.07) is 15.0. The fraction of sp³-hybridized carbons (Fsp3) is 0. The van der Waals surface area contributed by atoms with Crippen LogP contribution in [0, 0.1) is 5.82 Å². The van der Waals surface area contributed by atoms with Crippen LogP contribution in [0.1, 0.15) is 10.4 Å². The molecule has 5 aromatic rings. The summed E-state index contributed by atoms with van der Waals surface area (Å²) in [7, 11) is 0. The Morgan fingerprint density at radius 3 is 2.03 bits per heavy atom. The van der Waals surface area contributed by atoms with Crippen molar-refractivity contribution in [3.8, 4) is 22.5 Å². The second-order valence-electron chi connectivity index (χ2n) is 6.61. The lowest BCUT2D eigenvalue weighted by molar-refractivity contribution is 0.102. The summed E-state index contributed by atoms with van der Waals surface area (Å²) in [6.45, 7) is 0. The molecular weight excluding hydrogens is 417 g/mol. The molecule has 0 unspecified atom stereocenters. The number of fused-ring (bicyclic) bond motifs is 1. The van der Waals surface area contributed by atoms with E-state index in [-0.39, 0.29) is 11.7 Å². The number of benzene rings is 2. The number of aromatic nitrogens is 2. The number of amides is 1. The van der Waals surface area contributed by atoms with Crippen LogP contribution in [-0.4, -0.2) is 15.9 Å². The summed E-state index contributed by atoms with van der Waals surface area (Å²) in [4.78, 5) is 22.4. The summed E-state index contributed by atoms with van der Waals surface area (Å²) in [5, 5.41) is 10.9.